The van der Waals surface area contributed by atoms with Crippen LogP contribution in [0.4, 0.5) is 0 Å². The molecule has 0 aliphatic heterocycles. The number of hydrogen-bond donors (Lipinski definition) is 2. The summed E-state index contributed by atoms with van der Waals surface area (Å²) in [5.74, 6) is 0.218. The van der Waals surface area contributed by atoms with Crippen LogP contribution in [-0.4, -0.2) is 23.7 Å². The number of aryl methyl sites for hydroxylation is 3. The van der Waals surface area contributed by atoms with Gasteiger partial charge in [0.05, 0.1) is 0 Å². The van der Waals surface area contributed by atoms with Crippen LogP contribution in [0.25, 0.3) is 0 Å². The van der Waals surface area contributed by atoms with E-state index in [1.165, 1.54) is 5.56 Å². The zero-order valence-corrected chi connectivity index (χ0v) is 12.0. The third-order valence-electron chi connectivity index (χ3n) is 4.11. The van der Waals surface area contributed by atoms with Gasteiger partial charge in [0.25, 0.3) is 5.91 Å². The number of aliphatic hydroxyl groups excluding tert-OH is 1. The average molecular weight is 261 g/mol. The molecular formula is C16H23NO2. The number of benzene rings is 1. The normalized spacial score (nSPS) is 22.5. The topological polar surface area (TPSA) is 49.3 Å². The van der Waals surface area contributed by atoms with Crippen LogP contribution in [0.1, 0.15) is 46.3 Å². The van der Waals surface area contributed by atoms with Gasteiger partial charge in [-0.2, -0.15) is 0 Å². The van der Waals surface area contributed by atoms with Crippen LogP contribution in [0.3, 0.4) is 0 Å². The minimum atomic E-state index is 0.000324. The van der Waals surface area contributed by atoms with Crippen LogP contribution < -0.4 is 5.32 Å². The van der Waals surface area contributed by atoms with Gasteiger partial charge in [0.15, 0.2) is 0 Å². The molecule has 1 aromatic carbocycles. The number of carbonyl (C=O) groups is 1. The highest BCUT2D eigenvalue weighted by molar-refractivity contribution is 5.97. The molecule has 19 heavy (non-hydrogen) atoms. The summed E-state index contributed by atoms with van der Waals surface area (Å²) in [4.78, 5) is 12.4. The first-order valence-electron chi connectivity index (χ1n) is 7.02. The summed E-state index contributed by atoms with van der Waals surface area (Å²) in [7, 11) is 0. The van der Waals surface area contributed by atoms with Gasteiger partial charge in [-0.3, -0.25) is 4.79 Å². The van der Waals surface area contributed by atoms with E-state index in [9.17, 15) is 9.90 Å². The second kappa shape index (κ2) is 5.74. The Bertz CT molecular complexity index is 459. The van der Waals surface area contributed by atoms with Crippen molar-refractivity contribution in [3.8, 4) is 0 Å². The molecular weight excluding hydrogens is 238 g/mol. The fourth-order valence-corrected chi connectivity index (χ4v) is 3.22. The molecule has 3 heteroatoms. The number of carbonyl (C=O) groups excluding carboxylic acids is 1. The molecule has 0 bridgehead atoms. The molecule has 0 heterocycles. The predicted molar refractivity (Wildman–Crippen MR) is 76.3 cm³/mol. The smallest absolute Gasteiger partial charge is 0.252 e. The van der Waals surface area contributed by atoms with Crippen LogP contribution in [-0.2, 0) is 0 Å². The van der Waals surface area contributed by atoms with E-state index in [1.54, 1.807) is 0 Å². The molecule has 2 unspecified atom stereocenters. The first-order valence-corrected chi connectivity index (χ1v) is 7.02. The van der Waals surface area contributed by atoms with Crippen LogP contribution in [0.2, 0.25) is 0 Å². The largest absolute Gasteiger partial charge is 0.396 e. The van der Waals surface area contributed by atoms with Crippen LogP contribution in [0.5, 0.6) is 0 Å². The zero-order chi connectivity index (χ0) is 14.0. The van der Waals surface area contributed by atoms with E-state index in [4.69, 9.17) is 0 Å². The molecule has 3 nitrogen and oxygen atoms in total. The van der Waals surface area contributed by atoms with E-state index in [0.717, 1.165) is 36.0 Å². The van der Waals surface area contributed by atoms with Gasteiger partial charge < -0.3 is 10.4 Å². The Morgan fingerprint density at radius 1 is 1.26 bits per heavy atom. The zero-order valence-electron chi connectivity index (χ0n) is 12.0. The highest BCUT2D eigenvalue weighted by Gasteiger charge is 2.28. The Kier molecular flexibility index (Phi) is 4.25. The van der Waals surface area contributed by atoms with E-state index in [1.807, 2.05) is 32.9 Å². The highest BCUT2D eigenvalue weighted by atomic mass is 16.3. The van der Waals surface area contributed by atoms with E-state index in [2.05, 4.69) is 5.32 Å². The molecule has 0 radical (unpaired) electrons. The Hall–Kier alpha value is -1.35. The van der Waals surface area contributed by atoms with Crippen molar-refractivity contribution in [3.05, 3.63) is 34.4 Å². The summed E-state index contributed by atoms with van der Waals surface area (Å²) in [6.07, 6.45) is 3.07. The van der Waals surface area contributed by atoms with Gasteiger partial charge >= 0.3 is 0 Å². The maximum absolute atomic E-state index is 12.4. The maximum Gasteiger partial charge on any atom is 0.252 e. The Balaban J connectivity index is 2.16. The van der Waals surface area contributed by atoms with Crippen LogP contribution in [0.15, 0.2) is 12.1 Å². The monoisotopic (exact) mass is 261 g/mol. The fourth-order valence-electron chi connectivity index (χ4n) is 3.22. The minimum absolute atomic E-state index is 0.000324. The minimum Gasteiger partial charge on any atom is -0.396 e. The Labute approximate surface area is 115 Å². The third-order valence-corrected chi connectivity index (χ3v) is 4.11. The van der Waals surface area contributed by atoms with Crippen molar-refractivity contribution in [1.82, 2.24) is 5.32 Å². The number of amides is 1. The van der Waals surface area contributed by atoms with Gasteiger partial charge in [0.2, 0.25) is 0 Å². The first kappa shape index (κ1) is 14.1. The predicted octanol–water partition coefficient (Wildman–Crippen LogP) is 2.50. The van der Waals surface area contributed by atoms with Crippen molar-refractivity contribution in [3.63, 3.8) is 0 Å². The summed E-state index contributed by atoms with van der Waals surface area (Å²) >= 11 is 0. The van der Waals surface area contributed by atoms with E-state index in [0.29, 0.717) is 0 Å². The average Bonchev–Trinajstić information content (AvgIpc) is 2.74. The van der Waals surface area contributed by atoms with E-state index >= 15 is 0 Å². The van der Waals surface area contributed by atoms with Crippen molar-refractivity contribution in [1.29, 1.82) is 0 Å². The standard InChI is InChI=1S/C16H23NO2/c1-10-7-11(2)15(12(3)8-10)16(19)17-14-6-4-5-13(14)9-18/h7-8,13-14,18H,4-6,9H2,1-3H3,(H,17,19). The van der Waals surface area contributed by atoms with Gasteiger partial charge in [-0.1, -0.05) is 24.1 Å². The fraction of sp³-hybridized carbons (Fsp3) is 0.562. The van der Waals surface area contributed by atoms with E-state index in [-0.39, 0.29) is 24.5 Å². The second-order valence-electron chi connectivity index (χ2n) is 5.73. The third kappa shape index (κ3) is 2.98. The molecule has 0 saturated heterocycles. The SMILES string of the molecule is Cc1cc(C)c(C(=O)NC2CCCC2CO)c(C)c1. The lowest BCUT2D eigenvalue weighted by molar-refractivity contribution is 0.0915. The molecule has 104 valence electrons. The molecule has 0 aromatic heterocycles. The van der Waals surface area contributed by atoms with Crippen LogP contribution in [0, 0.1) is 26.7 Å². The molecule has 1 aliphatic carbocycles. The molecule has 2 atom stereocenters. The second-order valence-corrected chi connectivity index (χ2v) is 5.73. The molecule has 1 aromatic rings. The van der Waals surface area contributed by atoms with Gasteiger partial charge in [-0.05, 0) is 44.7 Å². The molecule has 2 N–H and O–H groups in total. The number of rotatable bonds is 3. The first-order chi connectivity index (χ1) is 9.02. The molecule has 0 spiro atoms. The molecule has 1 amide bonds. The lowest BCUT2D eigenvalue weighted by Crippen LogP contribution is -2.39. The molecule has 1 aliphatic rings. The lowest BCUT2D eigenvalue weighted by atomic mass is 9.98. The van der Waals surface area contributed by atoms with Gasteiger partial charge in [-0.25, -0.2) is 0 Å². The van der Waals surface area contributed by atoms with Crippen molar-refractivity contribution in [2.24, 2.45) is 5.92 Å². The molecule has 1 fully saturated rings. The van der Waals surface area contributed by atoms with Crippen LogP contribution >= 0.6 is 0 Å². The highest BCUT2D eigenvalue weighted by Crippen LogP contribution is 2.26. The Morgan fingerprint density at radius 3 is 2.47 bits per heavy atom. The summed E-state index contributed by atoms with van der Waals surface area (Å²) in [6, 6.07) is 4.21. The number of hydrogen-bond acceptors (Lipinski definition) is 2. The van der Waals surface area contributed by atoms with Crippen molar-refractivity contribution >= 4 is 5.91 Å². The van der Waals surface area contributed by atoms with Crippen molar-refractivity contribution in [2.45, 2.75) is 46.1 Å². The number of aliphatic hydroxyl groups is 1. The number of nitrogens with one attached hydrogen (secondary N) is 1. The van der Waals surface area contributed by atoms with Gasteiger partial charge in [0, 0.05) is 24.1 Å². The molecule has 2 rings (SSSR count). The lowest BCUT2D eigenvalue weighted by Gasteiger charge is -2.20. The summed E-state index contributed by atoms with van der Waals surface area (Å²) in [5.41, 5.74) is 4.01. The maximum atomic E-state index is 12.4. The summed E-state index contributed by atoms with van der Waals surface area (Å²) in [6.45, 7) is 6.16. The quantitative estimate of drug-likeness (QED) is 0.878. The summed E-state index contributed by atoms with van der Waals surface area (Å²) in [5, 5.41) is 12.4. The Morgan fingerprint density at radius 2 is 1.89 bits per heavy atom. The molecule has 1 saturated carbocycles. The van der Waals surface area contributed by atoms with Crippen molar-refractivity contribution in [2.75, 3.05) is 6.61 Å². The van der Waals surface area contributed by atoms with Crippen molar-refractivity contribution < 1.29 is 9.90 Å². The summed E-state index contributed by atoms with van der Waals surface area (Å²) < 4.78 is 0. The van der Waals surface area contributed by atoms with E-state index < -0.39 is 0 Å². The van der Waals surface area contributed by atoms with Gasteiger partial charge in [-0.15, -0.1) is 0 Å². The van der Waals surface area contributed by atoms with Gasteiger partial charge in [0.1, 0.15) is 0 Å².